The SMILES string of the molecule is O=C1CCc2cc(OCCCCS(=O)Cc3ccccc3)ccc2N1. The maximum absolute atomic E-state index is 12.1. The van der Waals surface area contributed by atoms with Gasteiger partial charge >= 0.3 is 0 Å². The molecule has 25 heavy (non-hydrogen) atoms. The predicted octanol–water partition coefficient (Wildman–Crippen LogP) is 3.68. The van der Waals surface area contributed by atoms with Crippen LogP contribution in [-0.4, -0.2) is 22.5 Å². The number of ether oxygens (including phenoxy) is 1. The zero-order valence-corrected chi connectivity index (χ0v) is 15.0. The minimum Gasteiger partial charge on any atom is -0.494 e. The molecule has 1 amide bonds. The first-order valence-electron chi connectivity index (χ1n) is 8.65. The molecule has 1 N–H and O–H groups in total. The van der Waals surface area contributed by atoms with E-state index in [1.165, 1.54) is 0 Å². The molecule has 1 aliphatic rings. The number of aryl methyl sites for hydroxylation is 1. The lowest BCUT2D eigenvalue weighted by Crippen LogP contribution is -2.18. The van der Waals surface area contributed by atoms with Crippen LogP contribution in [0, 0.1) is 0 Å². The Kier molecular flexibility index (Phi) is 6.23. The van der Waals surface area contributed by atoms with E-state index in [1.54, 1.807) is 0 Å². The smallest absolute Gasteiger partial charge is 0.224 e. The van der Waals surface area contributed by atoms with Gasteiger partial charge in [-0.1, -0.05) is 30.3 Å². The highest BCUT2D eigenvalue weighted by Gasteiger charge is 2.14. The summed E-state index contributed by atoms with van der Waals surface area (Å²) in [5, 5.41) is 2.87. The number of rotatable bonds is 8. The Morgan fingerprint density at radius 3 is 2.72 bits per heavy atom. The van der Waals surface area contributed by atoms with Crippen LogP contribution in [0.25, 0.3) is 0 Å². The number of carbonyl (C=O) groups excluding carboxylic acids is 1. The second-order valence-corrected chi connectivity index (χ2v) is 7.77. The molecule has 1 heterocycles. The Balaban J connectivity index is 1.36. The van der Waals surface area contributed by atoms with Crippen molar-refractivity contribution in [3.63, 3.8) is 0 Å². The van der Waals surface area contributed by atoms with E-state index >= 15 is 0 Å². The summed E-state index contributed by atoms with van der Waals surface area (Å²) >= 11 is 0. The van der Waals surface area contributed by atoms with Gasteiger partial charge in [0.25, 0.3) is 0 Å². The van der Waals surface area contributed by atoms with Gasteiger partial charge in [0, 0.05) is 34.4 Å². The van der Waals surface area contributed by atoms with Crippen molar-refractivity contribution in [1.29, 1.82) is 0 Å². The Hall–Kier alpha value is -2.14. The Morgan fingerprint density at radius 1 is 1.04 bits per heavy atom. The van der Waals surface area contributed by atoms with E-state index in [1.807, 2.05) is 48.5 Å². The number of hydrogen-bond donors (Lipinski definition) is 1. The first kappa shape index (κ1) is 17.7. The Labute approximate surface area is 151 Å². The molecule has 0 aromatic heterocycles. The number of nitrogens with one attached hydrogen (secondary N) is 1. The van der Waals surface area contributed by atoms with Gasteiger partial charge in [0.2, 0.25) is 5.91 Å². The van der Waals surface area contributed by atoms with Crippen molar-refractivity contribution in [3.05, 3.63) is 59.7 Å². The number of amides is 1. The summed E-state index contributed by atoms with van der Waals surface area (Å²) in [6, 6.07) is 15.7. The van der Waals surface area contributed by atoms with Crippen molar-refractivity contribution in [3.8, 4) is 5.75 Å². The van der Waals surface area contributed by atoms with E-state index in [9.17, 15) is 9.00 Å². The number of unbranched alkanes of at least 4 members (excludes halogenated alkanes) is 1. The molecule has 132 valence electrons. The summed E-state index contributed by atoms with van der Waals surface area (Å²) in [6.45, 7) is 0.619. The van der Waals surface area contributed by atoms with Crippen molar-refractivity contribution in [1.82, 2.24) is 0 Å². The molecule has 1 atom stereocenters. The third-order valence-corrected chi connectivity index (χ3v) is 5.58. The van der Waals surface area contributed by atoms with Gasteiger partial charge in [-0.25, -0.2) is 0 Å². The largest absolute Gasteiger partial charge is 0.494 e. The van der Waals surface area contributed by atoms with E-state index in [0.717, 1.165) is 41.8 Å². The quantitative estimate of drug-likeness (QED) is 0.733. The van der Waals surface area contributed by atoms with Gasteiger partial charge in [-0.05, 0) is 48.6 Å². The molecule has 3 rings (SSSR count). The molecule has 0 saturated carbocycles. The van der Waals surface area contributed by atoms with Gasteiger partial charge in [0.1, 0.15) is 5.75 Å². The zero-order valence-electron chi connectivity index (χ0n) is 14.2. The van der Waals surface area contributed by atoms with Crippen molar-refractivity contribution >= 4 is 22.4 Å². The second-order valence-electron chi connectivity index (χ2n) is 6.20. The average Bonchev–Trinajstić information content (AvgIpc) is 2.62. The monoisotopic (exact) mass is 357 g/mol. The molecule has 2 aromatic carbocycles. The van der Waals surface area contributed by atoms with E-state index in [0.29, 0.717) is 24.5 Å². The average molecular weight is 357 g/mol. The van der Waals surface area contributed by atoms with E-state index < -0.39 is 10.8 Å². The van der Waals surface area contributed by atoms with Crippen LogP contribution < -0.4 is 10.1 Å². The van der Waals surface area contributed by atoms with Crippen LogP contribution in [0.3, 0.4) is 0 Å². The van der Waals surface area contributed by atoms with Crippen molar-refractivity contribution < 1.29 is 13.7 Å². The van der Waals surface area contributed by atoms with Gasteiger partial charge < -0.3 is 10.1 Å². The second kappa shape index (κ2) is 8.81. The van der Waals surface area contributed by atoms with Gasteiger partial charge in [-0.2, -0.15) is 0 Å². The molecule has 1 aliphatic heterocycles. The molecule has 1 unspecified atom stereocenters. The molecular formula is C20H23NO3S. The topological polar surface area (TPSA) is 55.4 Å². The van der Waals surface area contributed by atoms with Crippen LogP contribution in [0.4, 0.5) is 5.69 Å². The molecular weight excluding hydrogens is 334 g/mol. The first-order chi connectivity index (χ1) is 12.2. The highest BCUT2D eigenvalue weighted by Crippen LogP contribution is 2.26. The summed E-state index contributed by atoms with van der Waals surface area (Å²) in [7, 11) is -0.820. The number of benzene rings is 2. The van der Waals surface area contributed by atoms with Crippen LogP contribution in [0.15, 0.2) is 48.5 Å². The van der Waals surface area contributed by atoms with Gasteiger partial charge in [-0.15, -0.1) is 0 Å². The summed E-state index contributed by atoms with van der Waals surface area (Å²) < 4.78 is 17.9. The van der Waals surface area contributed by atoms with E-state index in [2.05, 4.69) is 5.32 Å². The van der Waals surface area contributed by atoms with Crippen molar-refractivity contribution in [2.45, 2.75) is 31.4 Å². The van der Waals surface area contributed by atoms with Crippen molar-refractivity contribution in [2.24, 2.45) is 0 Å². The third kappa shape index (κ3) is 5.43. The minimum atomic E-state index is -0.820. The molecule has 0 radical (unpaired) electrons. The fraction of sp³-hybridized carbons (Fsp3) is 0.350. The van der Waals surface area contributed by atoms with Crippen LogP contribution in [0.1, 0.15) is 30.4 Å². The minimum absolute atomic E-state index is 0.0738. The highest BCUT2D eigenvalue weighted by molar-refractivity contribution is 7.84. The molecule has 0 fully saturated rings. The fourth-order valence-corrected chi connectivity index (χ4v) is 4.07. The Bertz CT molecular complexity index is 746. The molecule has 5 heteroatoms. The molecule has 0 spiro atoms. The molecule has 0 aliphatic carbocycles. The lowest BCUT2D eigenvalue weighted by molar-refractivity contribution is -0.116. The normalized spacial score (nSPS) is 14.5. The Morgan fingerprint density at radius 2 is 1.88 bits per heavy atom. The predicted molar refractivity (Wildman–Crippen MR) is 101 cm³/mol. The lowest BCUT2D eigenvalue weighted by atomic mass is 10.0. The first-order valence-corrected chi connectivity index (χ1v) is 10.1. The van der Waals surface area contributed by atoms with Gasteiger partial charge in [0.15, 0.2) is 0 Å². The molecule has 0 bridgehead atoms. The lowest BCUT2D eigenvalue weighted by Gasteiger charge is -2.17. The van der Waals surface area contributed by atoms with Crippen LogP contribution in [0.5, 0.6) is 5.75 Å². The summed E-state index contributed by atoms with van der Waals surface area (Å²) in [6.07, 6.45) is 3.06. The molecule has 0 saturated heterocycles. The van der Waals surface area contributed by atoms with E-state index in [4.69, 9.17) is 4.74 Å². The number of anilines is 1. The standard InChI is InChI=1S/C20H23NO3S/c22-20-11-8-17-14-18(9-10-19(17)21-20)24-12-4-5-13-25(23)15-16-6-2-1-3-7-16/h1-3,6-7,9-10,14H,4-5,8,11-13,15H2,(H,21,22). The number of hydrogen-bond acceptors (Lipinski definition) is 3. The summed E-state index contributed by atoms with van der Waals surface area (Å²) in [5.74, 6) is 2.23. The summed E-state index contributed by atoms with van der Waals surface area (Å²) in [5.41, 5.74) is 3.14. The maximum atomic E-state index is 12.1. The summed E-state index contributed by atoms with van der Waals surface area (Å²) in [4.78, 5) is 11.4. The highest BCUT2D eigenvalue weighted by atomic mass is 32.2. The number of carbonyl (C=O) groups is 1. The van der Waals surface area contributed by atoms with Crippen LogP contribution in [-0.2, 0) is 27.8 Å². The third-order valence-electron chi connectivity index (χ3n) is 4.18. The van der Waals surface area contributed by atoms with Crippen LogP contribution >= 0.6 is 0 Å². The van der Waals surface area contributed by atoms with Crippen LogP contribution in [0.2, 0.25) is 0 Å². The zero-order chi connectivity index (χ0) is 17.5. The fourth-order valence-electron chi connectivity index (χ4n) is 2.84. The van der Waals surface area contributed by atoms with Gasteiger partial charge in [-0.3, -0.25) is 9.00 Å². The van der Waals surface area contributed by atoms with Crippen molar-refractivity contribution in [2.75, 3.05) is 17.7 Å². The number of fused-ring (bicyclic) bond motifs is 1. The molecule has 4 nitrogen and oxygen atoms in total. The van der Waals surface area contributed by atoms with Gasteiger partial charge in [0.05, 0.1) is 6.61 Å². The van der Waals surface area contributed by atoms with E-state index in [-0.39, 0.29) is 5.91 Å². The maximum Gasteiger partial charge on any atom is 0.224 e. The molecule has 2 aromatic rings.